The smallest absolute Gasteiger partial charge is 0.297 e. The number of carbonyl (C=O) groups is 2. The predicted octanol–water partition coefficient (Wildman–Crippen LogP) is 0.800. The number of H-pyrrole nitrogens is 1. The van der Waals surface area contributed by atoms with Crippen molar-refractivity contribution in [2.75, 3.05) is 10.6 Å². The Balaban J connectivity index is 1.67. The molecule has 8 heteroatoms. The van der Waals surface area contributed by atoms with Crippen LogP contribution in [0, 0.1) is 5.92 Å². The number of aromatic nitrogens is 4. The lowest BCUT2D eigenvalue weighted by atomic mass is 10.2. The summed E-state index contributed by atoms with van der Waals surface area (Å²) < 4.78 is 0. The molecule has 0 atom stereocenters. The normalized spacial score (nSPS) is 13.8. The van der Waals surface area contributed by atoms with E-state index in [2.05, 4.69) is 31.3 Å². The van der Waals surface area contributed by atoms with Crippen molar-refractivity contribution < 1.29 is 9.59 Å². The maximum atomic E-state index is 11.7. The molecule has 1 saturated carbocycles. The molecule has 1 fully saturated rings. The number of nitrogens with zero attached hydrogens (tertiary/aromatic N) is 3. The van der Waals surface area contributed by atoms with E-state index in [1.54, 1.807) is 24.3 Å². The first-order chi connectivity index (χ1) is 9.72. The Kier molecular flexibility index (Phi) is 3.12. The minimum absolute atomic E-state index is 0.0200. The van der Waals surface area contributed by atoms with E-state index >= 15 is 0 Å². The number of benzene rings is 1. The monoisotopic (exact) mass is 272 g/mol. The quantitative estimate of drug-likeness (QED) is 0.762. The number of nitrogens with one attached hydrogen (secondary N) is 3. The standard InChI is InChI=1S/C12H12N6O2/c19-11(7-4-5-7)13-8-2-1-3-9(6-8)14-12(20)10-15-17-18-16-10/h1-3,6-7H,4-5H2,(H,13,19)(H,14,20)(H,15,16,17,18). The lowest BCUT2D eigenvalue weighted by molar-refractivity contribution is -0.117. The minimum Gasteiger partial charge on any atom is -0.326 e. The van der Waals surface area contributed by atoms with E-state index < -0.39 is 5.91 Å². The lowest BCUT2D eigenvalue weighted by Crippen LogP contribution is -2.15. The zero-order chi connectivity index (χ0) is 13.9. The van der Waals surface area contributed by atoms with Crippen LogP contribution < -0.4 is 10.6 Å². The first kappa shape index (κ1) is 12.3. The molecule has 2 aromatic rings. The van der Waals surface area contributed by atoms with E-state index in [0.29, 0.717) is 11.4 Å². The van der Waals surface area contributed by atoms with Crippen LogP contribution in [0.1, 0.15) is 23.5 Å². The Labute approximate surface area is 114 Å². The van der Waals surface area contributed by atoms with E-state index in [-0.39, 0.29) is 17.6 Å². The van der Waals surface area contributed by atoms with Crippen LogP contribution in [0.5, 0.6) is 0 Å². The van der Waals surface area contributed by atoms with Gasteiger partial charge in [0.2, 0.25) is 5.91 Å². The van der Waals surface area contributed by atoms with Crippen molar-refractivity contribution in [3.8, 4) is 0 Å². The van der Waals surface area contributed by atoms with Gasteiger partial charge in [-0.2, -0.15) is 5.21 Å². The lowest BCUT2D eigenvalue weighted by Gasteiger charge is -2.07. The molecular formula is C12H12N6O2. The van der Waals surface area contributed by atoms with Crippen molar-refractivity contribution in [3.63, 3.8) is 0 Å². The highest BCUT2D eigenvalue weighted by molar-refractivity contribution is 6.02. The fourth-order valence-corrected chi connectivity index (χ4v) is 1.71. The number of anilines is 2. The number of tetrazole rings is 1. The van der Waals surface area contributed by atoms with Crippen LogP contribution in [-0.4, -0.2) is 32.4 Å². The third kappa shape index (κ3) is 2.79. The molecule has 1 heterocycles. The van der Waals surface area contributed by atoms with Gasteiger partial charge in [0, 0.05) is 17.3 Å². The first-order valence-corrected chi connectivity index (χ1v) is 6.18. The van der Waals surface area contributed by atoms with Gasteiger partial charge < -0.3 is 10.6 Å². The number of carbonyl (C=O) groups excluding carboxylic acids is 2. The summed E-state index contributed by atoms with van der Waals surface area (Å²) in [5.41, 5.74) is 1.20. The molecule has 1 aromatic carbocycles. The molecule has 0 spiro atoms. The van der Waals surface area contributed by atoms with Gasteiger partial charge in [0.15, 0.2) is 0 Å². The second-order valence-corrected chi connectivity index (χ2v) is 4.53. The van der Waals surface area contributed by atoms with Crippen LogP contribution in [0.2, 0.25) is 0 Å². The highest BCUT2D eigenvalue weighted by Crippen LogP contribution is 2.30. The molecular weight excluding hydrogens is 260 g/mol. The Morgan fingerprint density at radius 2 is 1.95 bits per heavy atom. The summed E-state index contributed by atoms with van der Waals surface area (Å²) in [5.74, 6) is -0.360. The van der Waals surface area contributed by atoms with E-state index in [1.165, 1.54) is 0 Å². The Hall–Kier alpha value is -2.77. The molecule has 3 N–H and O–H groups in total. The highest BCUT2D eigenvalue weighted by Gasteiger charge is 2.29. The summed E-state index contributed by atoms with van der Waals surface area (Å²) >= 11 is 0. The number of amides is 2. The third-order valence-electron chi connectivity index (χ3n) is 2.88. The summed E-state index contributed by atoms with van der Waals surface area (Å²) in [6, 6.07) is 6.90. The van der Waals surface area contributed by atoms with E-state index in [4.69, 9.17) is 0 Å². The summed E-state index contributed by atoms with van der Waals surface area (Å²) in [6.45, 7) is 0. The van der Waals surface area contributed by atoms with Gasteiger partial charge in [-0.05, 0) is 36.3 Å². The van der Waals surface area contributed by atoms with E-state index in [0.717, 1.165) is 12.8 Å². The van der Waals surface area contributed by atoms with Gasteiger partial charge in [-0.25, -0.2) is 0 Å². The molecule has 2 amide bonds. The van der Waals surface area contributed by atoms with Crippen LogP contribution in [0.15, 0.2) is 24.3 Å². The minimum atomic E-state index is -0.468. The van der Waals surface area contributed by atoms with Gasteiger partial charge in [0.05, 0.1) is 0 Å². The Morgan fingerprint density at radius 3 is 2.60 bits per heavy atom. The number of hydrogen-bond donors (Lipinski definition) is 3. The van der Waals surface area contributed by atoms with Crippen LogP contribution in [0.4, 0.5) is 11.4 Å². The molecule has 102 valence electrons. The molecule has 1 aliphatic carbocycles. The number of aromatic amines is 1. The molecule has 0 bridgehead atoms. The zero-order valence-corrected chi connectivity index (χ0v) is 10.5. The molecule has 20 heavy (non-hydrogen) atoms. The van der Waals surface area contributed by atoms with Crippen LogP contribution in [0.3, 0.4) is 0 Å². The number of rotatable bonds is 4. The summed E-state index contributed by atoms with van der Waals surface area (Å²) in [7, 11) is 0. The van der Waals surface area contributed by atoms with Crippen molar-refractivity contribution in [3.05, 3.63) is 30.1 Å². The van der Waals surface area contributed by atoms with Crippen molar-refractivity contribution in [2.45, 2.75) is 12.8 Å². The van der Waals surface area contributed by atoms with Crippen LogP contribution in [-0.2, 0) is 4.79 Å². The van der Waals surface area contributed by atoms with Gasteiger partial charge in [-0.1, -0.05) is 6.07 Å². The highest BCUT2D eigenvalue weighted by atomic mass is 16.2. The summed E-state index contributed by atoms with van der Waals surface area (Å²) in [5, 5.41) is 18.1. The SMILES string of the molecule is O=C(Nc1cccc(NC(=O)C2CC2)c1)c1nn[nH]n1. The first-order valence-electron chi connectivity index (χ1n) is 6.18. The van der Waals surface area contributed by atoms with Crippen molar-refractivity contribution in [2.24, 2.45) is 5.92 Å². The third-order valence-corrected chi connectivity index (χ3v) is 2.88. The van der Waals surface area contributed by atoms with E-state index in [1.807, 2.05) is 0 Å². The predicted molar refractivity (Wildman–Crippen MR) is 69.9 cm³/mol. The topological polar surface area (TPSA) is 113 Å². The Morgan fingerprint density at radius 1 is 1.20 bits per heavy atom. The fraction of sp³-hybridized carbons (Fsp3) is 0.250. The van der Waals surface area contributed by atoms with Crippen LogP contribution >= 0.6 is 0 Å². The molecule has 0 radical (unpaired) electrons. The summed E-state index contributed by atoms with van der Waals surface area (Å²) in [4.78, 5) is 23.4. The van der Waals surface area contributed by atoms with Crippen LogP contribution in [0.25, 0.3) is 0 Å². The molecule has 1 aromatic heterocycles. The van der Waals surface area contributed by atoms with Crippen molar-refractivity contribution >= 4 is 23.2 Å². The Bertz CT molecular complexity index is 635. The second-order valence-electron chi connectivity index (χ2n) is 4.53. The molecule has 3 rings (SSSR count). The average molecular weight is 272 g/mol. The maximum Gasteiger partial charge on any atom is 0.297 e. The van der Waals surface area contributed by atoms with Gasteiger partial charge in [-0.3, -0.25) is 9.59 Å². The second kappa shape index (κ2) is 5.08. The van der Waals surface area contributed by atoms with E-state index in [9.17, 15) is 9.59 Å². The largest absolute Gasteiger partial charge is 0.326 e. The van der Waals surface area contributed by atoms with Gasteiger partial charge in [0.25, 0.3) is 11.7 Å². The fourth-order valence-electron chi connectivity index (χ4n) is 1.71. The average Bonchev–Trinajstić information content (AvgIpc) is 3.14. The van der Waals surface area contributed by atoms with Gasteiger partial charge in [-0.15, -0.1) is 10.2 Å². The molecule has 0 aliphatic heterocycles. The van der Waals surface area contributed by atoms with Crippen molar-refractivity contribution in [1.82, 2.24) is 20.6 Å². The molecule has 0 saturated heterocycles. The molecule has 1 aliphatic rings. The van der Waals surface area contributed by atoms with Gasteiger partial charge in [0.1, 0.15) is 0 Å². The molecule has 8 nitrogen and oxygen atoms in total. The number of hydrogen-bond acceptors (Lipinski definition) is 5. The van der Waals surface area contributed by atoms with Crippen molar-refractivity contribution in [1.29, 1.82) is 0 Å². The summed E-state index contributed by atoms with van der Waals surface area (Å²) in [6.07, 6.45) is 1.89. The van der Waals surface area contributed by atoms with Gasteiger partial charge >= 0.3 is 0 Å². The zero-order valence-electron chi connectivity index (χ0n) is 10.5. The maximum absolute atomic E-state index is 11.7. The molecule has 0 unspecified atom stereocenters.